The van der Waals surface area contributed by atoms with Crippen LogP contribution in [-0.2, 0) is 13.1 Å². The van der Waals surface area contributed by atoms with Crippen LogP contribution in [0.25, 0.3) is 0 Å². The van der Waals surface area contributed by atoms with Gasteiger partial charge in [0, 0.05) is 19.3 Å². The summed E-state index contributed by atoms with van der Waals surface area (Å²) in [6.45, 7) is 1.37. The number of hydrogen-bond acceptors (Lipinski definition) is 6. The molecule has 1 aliphatic heterocycles. The molecular weight excluding hydrogens is 268 g/mol. The first-order chi connectivity index (χ1) is 10.2. The maximum absolute atomic E-state index is 8.92. The number of benzene rings is 1. The minimum Gasteiger partial charge on any atom is -0.493 e. The standard InChI is InChI=1S/C15H14N4O2/c1-20-13-5-10-8-19(9-11(10)6-14(13)21-2)15-17-4-3-12(7-16)18-15/h3-6H,8-9H2,1-2H3. The van der Waals surface area contributed by atoms with Gasteiger partial charge in [-0.2, -0.15) is 5.26 Å². The Morgan fingerprint density at radius 3 is 2.29 bits per heavy atom. The Kier molecular flexibility index (Phi) is 3.32. The van der Waals surface area contributed by atoms with E-state index in [4.69, 9.17) is 14.7 Å². The molecule has 6 nitrogen and oxygen atoms in total. The zero-order chi connectivity index (χ0) is 14.8. The van der Waals surface area contributed by atoms with Gasteiger partial charge in [-0.25, -0.2) is 9.97 Å². The molecule has 0 atom stereocenters. The van der Waals surface area contributed by atoms with Crippen molar-refractivity contribution in [2.24, 2.45) is 0 Å². The maximum Gasteiger partial charge on any atom is 0.227 e. The van der Waals surface area contributed by atoms with Crippen molar-refractivity contribution in [3.63, 3.8) is 0 Å². The van der Waals surface area contributed by atoms with Crippen molar-refractivity contribution < 1.29 is 9.47 Å². The second-order valence-corrected chi connectivity index (χ2v) is 4.69. The van der Waals surface area contributed by atoms with Crippen LogP contribution in [0.3, 0.4) is 0 Å². The third-order valence-electron chi connectivity index (χ3n) is 3.47. The number of nitriles is 1. The van der Waals surface area contributed by atoms with Gasteiger partial charge in [0.1, 0.15) is 11.8 Å². The van der Waals surface area contributed by atoms with Gasteiger partial charge in [-0.15, -0.1) is 0 Å². The molecule has 1 aromatic carbocycles. The molecule has 0 amide bonds. The Morgan fingerprint density at radius 1 is 1.14 bits per heavy atom. The average molecular weight is 282 g/mol. The molecule has 21 heavy (non-hydrogen) atoms. The molecule has 1 aliphatic rings. The first kappa shape index (κ1) is 13.2. The summed E-state index contributed by atoms with van der Waals surface area (Å²) in [7, 11) is 3.24. The van der Waals surface area contributed by atoms with E-state index in [1.807, 2.05) is 23.1 Å². The Morgan fingerprint density at radius 2 is 1.76 bits per heavy atom. The van der Waals surface area contributed by atoms with E-state index >= 15 is 0 Å². The van der Waals surface area contributed by atoms with Gasteiger partial charge in [0.25, 0.3) is 0 Å². The number of hydrogen-bond donors (Lipinski definition) is 0. The average Bonchev–Trinajstić information content (AvgIpc) is 2.96. The van der Waals surface area contributed by atoms with Crippen LogP contribution in [0.15, 0.2) is 24.4 Å². The maximum atomic E-state index is 8.92. The van der Waals surface area contributed by atoms with Gasteiger partial charge in [-0.05, 0) is 29.3 Å². The number of nitrogens with zero attached hydrogens (tertiary/aromatic N) is 4. The van der Waals surface area contributed by atoms with Crippen molar-refractivity contribution >= 4 is 5.95 Å². The number of rotatable bonds is 3. The van der Waals surface area contributed by atoms with E-state index in [1.165, 1.54) is 0 Å². The predicted octanol–water partition coefficient (Wildman–Crippen LogP) is 1.89. The van der Waals surface area contributed by atoms with Crippen LogP contribution in [0, 0.1) is 11.3 Å². The minimum absolute atomic E-state index is 0.367. The molecule has 106 valence electrons. The fraction of sp³-hybridized carbons (Fsp3) is 0.267. The van der Waals surface area contributed by atoms with E-state index in [0.29, 0.717) is 36.2 Å². The smallest absolute Gasteiger partial charge is 0.227 e. The van der Waals surface area contributed by atoms with E-state index in [1.54, 1.807) is 26.5 Å². The van der Waals surface area contributed by atoms with Crippen molar-refractivity contribution in [2.45, 2.75) is 13.1 Å². The fourth-order valence-electron chi connectivity index (χ4n) is 2.43. The van der Waals surface area contributed by atoms with Crippen molar-refractivity contribution in [3.8, 4) is 17.6 Å². The van der Waals surface area contributed by atoms with Crippen molar-refractivity contribution in [1.82, 2.24) is 9.97 Å². The van der Waals surface area contributed by atoms with E-state index in [0.717, 1.165) is 11.1 Å². The van der Waals surface area contributed by atoms with Crippen LogP contribution >= 0.6 is 0 Å². The van der Waals surface area contributed by atoms with Gasteiger partial charge >= 0.3 is 0 Å². The molecule has 3 rings (SSSR count). The number of fused-ring (bicyclic) bond motifs is 1. The molecule has 0 bridgehead atoms. The molecule has 0 fully saturated rings. The second kappa shape index (κ2) is 5.29. The molecule has 0 radical (unpaired) electrons. The minimum atomic E-state index is 0.367. The Labute approximate surface area is 122 Å². The highest BCUT2D eigenvalue weighted by molar-refractivity contribution is 5.53. The van der Waals surface area contributed by atoms with E-state index in [-0.39, 0.29) is 0 Å². The largest absolute Gasteiger partial charge is 0.493 e. The third kappa shape index (κ3) is 2.34. The van der Waals surface area contributed by atoms with Gasteiger partial charge in [0.2, 0.25) is 5.95 Å². The molecule has 2 heterocycles. The summed E-state index contributed by atoms with van der Waals surface area (Å²) in [5.41, 5.74) is 2.67. The summed E-state index contributed by atoms with van der Waals surface area (Å²) < 4.78 is 10.6. The highest BCUT2D eigenvalue weighted by atomic mass is 16.5. The molecular formula is C15H14N4O2. The Balaban J connectivity index is 1.92. The van der Waals surface area contributed by atoms with Gasteiger partial charge in [-0.1, -0.05) is 0 Å². The first-order valence-electron chi connectivity index (χ1n) is 6.47. The molecule has 0 saturated heterocycles. The van der Waals surface area contributed by atoms with Crippen LogP contribution in [0.2, 0.25) is 0 Å². The first-order valence-corrected chi connectivity index (χ1v) is 6.47. The Bertz CT molecular complexity index is 691. The number of aromatic nitrogens is 2. The van der Waals surface area contributed by atoms with Gasteiger partial charge in [-0.3, -0.25) is 0 Å². The molecule has 6 heteroatoms. The van der Waals surface area contributed by atoms with Gasteiger partial charge in [0.05, 0.1) is 14.2 Å². The van der Waals surface area contributed by atoms with Crippen LogP contribution < -0.4 is 14.4 Å². The fourth-order valence-corrected chi connectivity index (χ4v) is 2.43. The summed E-state index contributed by atoms with van der Waals surface area (Å²) in [4.78, 5) is 10.5. The highest BCUT2D eigenvalue weighted by Crippen LogP contribution is 2.35. The second-order valence-electron chi connectivity index (χ2n) is 4.69. The molecule has 0 saturated carbocycles. The van der Waals surface area contributed by atoms with Crippen molar-refractivity contribution in [1.29, 1.82) is 5.26 Å². The predicted molar refractivity (Wildman–Crippen MR) is 76.2 cm³/mol. The summed E-state index contributed by atoms with van der Waals surface area (Å²) in [5.74, 6) is 1.98. The lowest BCUT2D eigenvalue weighted by Gasteiger charge is -2.14. The molecule has 0 N–H and O–H groups in total. The molecule has 1 aromatic heterocycles. The monoisotopic (exact) mass is 282 g/mol. The van der Waals surface area contributed by atoms with Gasteiger partial charge in [0.15, 0.2) is 11.5 Å². The lowest BCUT2D eigenvalue weighted by Crippen LogP contribution is -2.17. The number of anilines is 1. The van der Waals surface area contributed by atoms with Crippen LogP contribution in [0.5, 0.6) is 11.5 Å². The van der Waals surface area contributed by atoms with Crippen LogP contribution in [-0.4, -0.2) is 24.2 Å². The SMILES string of the molecule is COc1cc2c(cc1OC)CN(c1nccc(C#N)n1)C2. The highest BCUT2D eigenvalue weighted by Gasteiger charge is 2.23. The topological polar surface area (TPSA) is 71.3 Å². The Hall–Kier alpha value is -2.81. The number of methoxy groups -OCH3 is 2. The molecule has 0 unspecified atom stereocenters. The van der Waals surface area contributed by atoms with Crippen molar-refractivity contribution in [2.75, 3.05) is 19.1 Å². The quantitative estimate of drug-likeness (QED) is 0.856. The lowest BCUT2D eigenvalue weighted by atomic mass is 10.1. The zero-order valence-electron chi connectivity index (χ0n) is 11.8. The normalized spacial score (nSPS) is 12.7. The summed E-state index contributed by atoms with van der Waals surface area (Å²) >= 11 is 0. The summed E-state index contributed by atoms with van der Waals surface area (Å²) in [6, 6.07) is 7.58. The van der Waals surface area contributed by atoms with Gasteiger partial charge < -0.3 is 14.4 Å². The van der Waals surface area contributed by atoms with Crippen LogP contribution in [0.4, 0.5) is 5.95 Å². The number of ether oxygens (including phenoxy) is 2. The van der Waals surface area contributed by atoms with E-state index in [9.17, 15) is 0 Å². The molecule has 2 aromatic rings. The van der Waals surface area contributed by atoms with Crippen LogP contribution in [0.1, 0.15) is 16.8 Å². The van der Waals surface area contributed by atoms with E-state index in [2.05, 4.69) is 9.97 Å². The molecule has 0 spiro atoms. The lowest BCUT2D eigenvalue weighted by molar-refractivity contribution is 0.354. The third-order valence-corrected chi connectivity index (χ3v) is 3.47. The van der Waals surface area contributed by atoms with Crippen molar-refractivity contribution in [3.05, 3.63) is 41.2 Å². The summed E-state index contributed by atoms with van der Waals surface area (Å²) in [5, 5.41) is 8.92. The summed E-state index contributed by atoms with van der Waals surface area (Å²) in [6.07, 6.45) is 1.60. The zero-order valence-corrected chi connectivity index (χ0v) is 11.8. The van der Waals surface area contributed by atoms with E-state index < -0.39 is 0 Å². The molecule has 0 aliphatic carbocycles.